The maximum absolute atomic E-state index is 13.4. The molecular formula is C26H22Cl2N4O2. The molecule has 0 unspecified atom stereocenters. The molecule has 8 heteroatoms. The second kappa shape index (κ2) is 9.49. The summed E-state index contributed by atoms with van der Waals surface area (Å²) < 4.78 is 0. The summed E-state index contributed by atoms with van der Waals surface area (Å²) in [5.41, 5.74) is 3.93. The Kier molecular flexibility index (Phi) is 6.26. The van der Waals surface area contributed by atoms with Crippen molar-refractivity contribution in [2.24, 2.45) is 4.99 Å². The third kappa shape index (κ3) is 4.52. The van der Waals surface area contributed by atoms with Crippen molar-refractivity contribution in [3.8, 4) is 0 Å². The molecule has 2 heterocycles. The summed E-state index contributed by atoms with van der Waals surface area (Å²) in [6.07, 6.45) is 0. The lowest BCUT2D eigenvalue weighted by Crippen LogP contribution is -2.39. The minimum atomic E-state index is -0.244. The van der Waals surface area contributed by atoms with E-state index < -0.39 is 0 Å². The Balaban J connectivity index is 1.43. The van der Waals surface area contributed by atoms with Crippen molar-refractivity contribution in [2.45, 2.75) is 13.1 Å². The van der Waals surface area contributed by atoms with Gasteiger partial charge in [-0.1, -0.05) is 53.5 Å². The fourth-order valence-electron chi connectivity index (χ4n) is 4.22. The zero-order valence-electron chi connectivity index (χ0n) is 18.3. The van der Waals surface area contributed by atoms with Crippen molar-refractivity contribution >= 4 is 46.5 Å². The van der Waals surface area contributed by atoms with E-state index in [0.717, 1.165) is 41.3 Å². The molecule has 0 aromatic heterocycles. The lowest BCUT2D eigenvalue weighted by Gasteiger charge is -2.23. The molecule has 0 atom stereocenters. The van der Waals surface area contributed by atoms with Crippen molar-refractivity contribution < 1.29 is 9.59 Å². The highest BCUT2D eigenvalue weighted by molar-refractivity contribution is 6.32. The summed E-state index contributed by atoms with van der Waals surface area (Å²) >= 11 is 12.5. The first-order valence-corrected chi connectivity index (χ1v) is 11.8. The van der Waals surface area contributed by atoms with Gasteiger partial charge in [0.15, 0.2) is 0 Å². The molecular weight excluding hydrogens is 471 g/mol. The highest BCUT2D eigenvalue weighted by Crippen LogP contribution is 2.33. The predicted octanol–water partition coefficient (Wildman–Crippen LogP) is 4.53. The number of carbonyl (C=O) groups is 2. The summed E-state index contributed by atoms with van der Waals surface area (Å²) in [5.74, 6) is 0.479. The van der Waals surface area contributed by atoms with Crippen molar-refractivity contribution in [1.29, 1.82) is 0 Å². The number of benzene rings is 3. The molecule has 34 heavy (non-hydrogen) atoms. The molecule has 2 amide bonds. The number of amides is 2. The smallest absolute Gasteiger partial charge is 0.254 e. The zero-order valence-corrected chi connectivity index (χ0v) is 19.8. The summed E-state index contributed by atoms with van der Waals surface area (Å²) in [6.45, 7) is 2.19. The maximum Gasteiger partial charge on any atom is 0.254 e. The molecule has 0 saturated heterocycles. The van der Waals surface area contributed by atoms with Gasteiger partial charge in [-0.25, -0.2) is 0 Å². The minimum Gasteiger partial charge on any atom is -0.368 e. The van der Waals surface area contributed by atoms with Crippen LogP contribution in [0.2, 0.25) is 10.0 Å². The Bertz CT molecular complexity index is 1270. The van der Waals surface area contributed by atoms with E-state index in [1.807, 2.05) is 36.4 Å². The van der Waals surface area contributed by atoms with Crippen LogP contribution in [0.4, 0.5) is 5.69 Å². The number of aliphatic imine (C=N–C) groups is 1. The van der Waals surface area contributed by atoms with E-state index in [1.165, 1.54) is 4.90 Å². The van der Waals surface area contributed by atoms with Gasteiger partial charge < -0.3 is 15.1 Å². The number of anilines is 1. The predicted molar refractivity (Wildman–Crippen MR) is 135 cm³/mol. The molecule has 0 fully saturated rings. The van der Waals surface area contributed by atoms with Gasteiger partial charge in [0, 0.05) is 33.3 Å². The van der Waals surface area contributed by atoms with Crippen LogP contribution in [0.25, 0.3) is 0 Å². The first kappa shape index (κ1) is 22.4. The fraction of sp³-hybridized carbons (Fsp3) is 0.192. The van der Waals surface area contributed by atoms with E-state index >= 15 is 0 Å². The highest BCUT2D eigenvalue weighted by atomic mass is 35.5. The number of fused-ring (bicyclic) bond motifs is 1. The Labute approximate surface area is 207 Å². The van der Waals surface area contributed by atoms with Crippen LogP contribution in [0, 0.1) is 0 Å². The Morgan fingerprint density at radius 1 is 0.971 bits per heavy atom. The number of hydrogen-bond donors (Lipinski definition) is 1. The molecule has 0 saturated carbocycles. The van der Waals surface area contributed by atoms with E-state index in [0.29, 0.717) is 22.2 Å². The van der Waals surface area contributed by atoms with E-state index in [4.69, 9.17) is 23.2 Å². The van der Waals surface area contributed by atoms with Crippen LogP contribution in [-0.4, -0.2) is 42.2 Å². The number of nitrogens with zero attached hydrogens (tertiary/aromatic N) is 3. The Hall–Kier alpha value is -3.35. The minimum absolute atomic E-state index is 0.0503. The number of nitrogens with one attached hydrogen (secondary N) is 1. The van der Waals surface area contributed by atoms with Gasteiger partial charge in [0.2, 0.25) is 5.91 Å². The van der Waals surface area contributed by atoms with E-state index in [-0.39, 0.29) is 24.9 Å². The van der Waals surface area contributed by atoms with Crippen LogP contribution in [-0.2, 0) is 17.9 Å². The Morgan fingerprint density at radius 3 is 2.44 bits per heavy atom. The summed E-state index contributed by atoms with van der Waals surface area (Å²) in [7, 11) is 0. The number of amidine groups is 1. The van der Waals surface area contributed by atoms with Crippen LogP contribution in [0.5, 0.6) is 0 Å². The van der Waals surface area contributed by atoms with Gasteiger partial charge in [-0.3, -0.25) is 14.6 Å². The molecule has 2 aliphatic heterocycles. The van der Waals surface area contributed by atoms with Gasteiger partial charge in [0.05, 0.1) is 25.3 Å². The number of rotatable bonds is 4. The van der Waals surface area contributed by atoms with E-state index in [2.05, 4.69) is 10.3 Å². The lowest BCUT2D eigenvalue weighted by molar-refractivity contribution is -0.119. The van der Waals surface area contributed by atoms with Crippen LogP contribution in [0.1, 0.15) is 27.0 Å². The zero-order chi connectivity index (χ0) is 23.7. The average Bonchev–Trinajstić information content (AvgIpc) is 3.34. The van der Waals surface area contributed by atoms with Gasteiger partial charge in [-0.15, -0.1) is 0 Å². The van der Waals surface area contributed by atoms with Gasteiger partial charge in [0.25, 0.3) is 5.91 Å². The molecule has 2 aliphatic rings. The summed E-state index contributed by atoms with van der Waals surface area (Å²) in [4.78, 5) is 34.3. The van der Waals surface area contributed by atoms with Crippen LogP contribution in [0.3, 0.4) is 0 Å². The molecule has 6 nitrogen and oxygen atoms in total. The van der Waals surface area contributed by atoms with Crippen LogP contribution >= 0.6 is 23.2 Å². The molecule has 1 N–H and O–H groups in total. The van der Waals surface area contributed by atoms with Gasteiger partial charge in [0.1, 0.15) is 12.4 Å². The fourth-order valence-corrected chi connectivity index (χ4v) is 4.58. The monoisotopic (exact) mass is 492 g/mol. The first-order chi connectivity index (χ1) is 16.5. The largest absolute Gasteiger partial charge is 0.368 e. The van der Waals surface area contributed by atoms with Crippen molar-refractivity contribution in [3.63, 3.8) is 0 Å². The van der Waals surface area contributed by atoms with Gasteiger partial charge >= 0.3 is 0 Å². The standard InChI is InChI=1S/C26H22Cl2N4O2/c27-20-10-8-19(9-11-20)26(34)31-15-21-22(28)2-1-3-23(21)32(24(33)16-31)14-17-4-6-18(7-5-17)25-29-12-13-30-25/h1-11H,12-16H2,(H,29,30). The van der Waals surface area contributed by atoms with Crippen molar-refractivity contribution in [2.75, 3.05) is 24.5 Å². The van der Waals surface area contributed by atoms with Crippen LogP contribution < -0.4 is 10.2 Å². The summed E-state index contributed by atoms with van der Waals surface area (Å²) in [6, 6.07) is 20.1. The normalized spacial score (nSPS) is 15.5. The topological polar surface area (TPSA) is 65.0 Å². The van der Waals surface area contributed by atoms with E-state index in [1.54, 1.807) is 35.2 Å². The SMILES string of the molecule is O=C(c1ccc(Cl)cc1)N1CC(=O)N(Cc2ccc(C3=NCCN3)cc2)c2cccc(Cl)c2C1. The van der Waals surface area contributed by atoms with E-state index in [9.17, 15) is 9.59 Å². The first-order valence-electron chi connectivity index (χ1n) is 11.0. The number of hydrogen-bond acceptors (Lipinski definition) is 4. The average molecular weight is 493 g/mol. The molecule has 3 aromatic carbocycles. The van der Waals surface area contributed by atoms with Crippen molar-refractivity contribution in [3.05, 3.63) is 99.0 Å². The third-order valence-corrected chi connectivity index (χ3v) is 6.59. The number of halogens is 2. The third-order valence-electron chi connectivity index (χ3n) is 5.98. The van der Waals surface area contributed by atoms with Gasteiger partial charge in [-0.2, -0.15) is 0 Å². The van der Waals surface area contributed by atoms with Crippen molar-refractivity contribution in [1.82, 2.24) is 10.2 Å². The molecule has 5 rings (SSSR count). The van der Waals surface area contributed by atoms with Crippen LogP contribution in [0.15, 0.2) is 71.7 Å². The second-order valence-corrected chi connectivity index (χ2v) is 9.08. The molecule has 0 bridgehead atoms. The summed E-state index contributed by atoms with van der Waals surface area (Å²) in [5, 5.41) is 4.33. The Morgan fingerprint density at radius 2 is 1.74 bits per heavy atom. The maximum atomic E-state index is 13.4. The molecule has 172 valence electrons. The highest BCUT2D eigenvalue weighted by Gasteiger charge is 2.30. The molecule has 0 spiro atoms. The molecule has 0 aliphatic carbocycles. The lowest BCUT2D eigenvalue weighted by atomic mass is 10.1. The second-order valence-electron chi connectivity index (χ2n) is 8.24. The molecule has 3 aromatic rings. The number of carbonyl (C=O) groups excluding carboxylic acids is 2. The quantitative estimate of drug-likeness (QED) is 0.581. The van der Waals surface area contributed by atoms with Gasteiger partial charge in [-0.05, 0) is 42.0 Å². The molecule has 0 radical (unpaired) electrons.